The van der Waals surface area contributed by atoms with E-state index in [4.69, 9.17) is 5.11 Å². The third kappa shape index (κ3) is 4.84. The molecule has 4 nitrogen and oxygen atoms in total. The number of carbonyl (C=O) groups is 1. The van der Waals surface area contributed by atoms with E-state index < -0.39 is 0 Å². The van der Waals surface area contributed by atoms with Gasteiger partial charge in [0.1, 0.15) is 0 Å². The van der Waals surface area contributed by atoms with Gasteiger partial charge >= 0.3 is 0 Å². The van der Waals surface area contributed by atoms with Gasteiger partial charge in [-0.05, 0) is 38.3 Å². The van der Waals surface area contributed by atoms with E-state index in [1.54, 1.807) is 12.4 Å². The lowest BCUT2D eigenvalue weighted by molar-refractivity contribution is -0.133. The zero-order valence-electron chi connectivity index (χ0n) is 11.2. The highest BCUT2D eigenvalue weighted by Crippen LogP contribution is 2.10. The van der Waals surface area contributed by atoms with Crippen LogP contribution in [-0.4, -0.2) is 33.5 Å². The van der Waals surface area contributed by atoms with Crippen molar-refractivity contribution in [3.05, 3.63) is 30.1 Å². The smallest absolute Gasteiger partial charge is 0.223 e. The molecule has 0 unspecified atom stereocenters. The Morgan fingerprint density at radius 2 is 2.22 bits per heavy atom. The number of aromatic nitrogens is 1. The van der Waals surface area contributed by atoms with Crippen LogP contribution < -0.4 is 0 Å². The highest BCUT2D eigenvalue weighted by atomic mass is 16.3. The summed E-state index contributed by atoms with van der Waals surface area (Å²) in [6.07, 6.45) is 5.44. The van der Waals surface area contributed by atoms with E-state index in [1.165, 1.54) is 0 Å². The highest BCUT2D eigenvalue weighted by molar-refractivity contribution is 5.76. The first-order valence-electron chi connectivity index (χ1n) is 6.44. The lowest BCUT2D eigenvalue weighted by Gasteiger charge is -2.27. The minimum Gasteiger partial charge on any atom is -0.396 e. The second-order valence-electron chi connectivity index (χ2n) is 4.66. The Bertz CT molecular complexity index is 352. The number of pyridine rings is 1. The quantitative estimate of drug-likeness (QED) is 0.753. The maximum absolute atomic E-state index is 12.1. The molecule has 1 aromatic heterocycles. The fraction of sp³-hybridized carbons (Fsp3) is 0.571. The Balaban J connectivity index is 2.57. The highest BCUT2D eigenvalue weighted by Gasteiger charge is 2.16. The molecule has 0 saturated heterocycles. The molecule has 0 spiro atoms. The fourth-order valence-electron chi connectivity index (χ4n) is 1.78. The number of hydrogen-bond donors (Lipinski definition) is 1. The van der Waals surface area contributed by atoms with Crippen LogP contribution in [0.15, 0.2) is 24.5 Å². The first-order valence-corrected chi connectivity index (χ1v) is 6.44. The number of aliphatic hydroxyl groups excluding tert-OH is 1. The summed E-state index contributed by atoms with van der Waals surface area (Å²) in [7, 11) is 0. The van der Waals surface area contributed by atoms with Crippen molar-refractivity contribution in [2.75, 3.05) is 6.61 Å². The number of unbranched alkanes of at least 4 members (excludes halogenated alkanes) is 1. The molecule has 0 aliphatic carbocycles. The lowest BCUT2D eigenvalue weighted by atomic mass is 10.1. The molecule has 0 aliphatic heterocycles. The SMILES string of the molecule is CC(C)N(Cc1cccnc1)C(=O)CCCCO. The van der Waals surface area contributed by atoms with Gasteiger partial charge in [-0.15, -0.1) is 0 Å². The van der Waals surface area contributed by atoms with E-state index >= 15 is 0 Å². The summed E-state index contributed by atoms with van der Waals surface area (Å²) in [5.74, 6) is 0.141. The summed E-state index contributed by atoms with van der Waals surface area (Å²) in [6, 6.07) is 4.03. The van der Waals surface area contributed by atoms with Crippen LogP contribution in [0.2, 0.25) is 0 Å². The van der Waals surface area contributed by atoms with Gasteiger partial charge in [-0.25, -0.2) is 0 Å². The van der Waals surface area contributed by atoms with Crippen LogP contribution in [0.3, 0.4) is 0 Å². The number of nitrogens with zero attached hydrogens (tertiary/aromatic N) is 2. The molecule has 1 N–H and O–H groups in total. The topological polar surface area (TPSA) is 53.4 Å². The Hall–Kier alpha value is -1.42. The van der Waals surface area contributed by atoms with Gasteiger partial charge in [-0.2, -0.15) is 0 Å². The van der Waals surface area contributed by atoms with Crippen LogP contribution in [0.5, 0.6) is 0 Å². The summed E-state index contributed by atoms with van der Waals surface area (Å²) in [4.78, 5) is 18.0. The lowest BCUT2D eigenvalue weighted by Crippen LogP contribution is -2.36. The number of rotatable bonds is 7. The average Bonchev–Trinajstić information content (AvgIpc) is 2.37. The van der Waals surface area contributed by atoms with Gasteiger partial charge < -0.3 is 10.0 Å². The molecule has 1 rings (SSSR count). The molecule has 0 fully saturated rings. The number of amides is 1. The van der Waals surface area contributed by atoms with Gasteiger partial charge in [0.15, 0.2) is 0 Å². The van der Waals surface area contributed by atoms with Gasteiger partial charge in [-0.3, -0.25) is 9.78 Å². The summed E-state index contributed by atoms with van der Waals surface area (Å²) >= 11 is 0. The molecule has 0 aliphatic rings. The molecule has 0 aromatic carbocycles. The molecule has 0 bridgehead atoms. The van der Waals surface area contributed by atoms with Crippen molar-refractivity contribution in [3.63, 3.8) is 0 Å². The normalized spacial score (nSPS) is 10.7. The molecule has 0 saturated carbocycles. The molecular formula is C14H22N2O2. The summed E-state index contributed by atoms with van der Waals surface area (Å²) in [5.41, 5.74) is 1.04. The Kier molecular flexibility index (Phi) is 6.36. The Morgan fingerprint density at radius 3 is 2.78 bits per heavy atom. The summed E-state index contributed by atoms with van der Waals surface area (Å²) < 4.78 is 0. The van der Waals surface area contributed by atoms with Crippen molar-refractivity contribution in [1.29, 1.82) is 0 Å². The van der Waals surface area contributed by atoms with Crippen molar-refractivity contribution in [1.82, 2.24) is 9.88 Å². The summed E-state index contributed by atoms with van der Waals surface area (Å²) in [6.45, 7) is 4.78. The van der Waals surface area contributed by atoms with E-state index in [0.717, 1.165) is 12.0 Å². The number of carbonyl (C=O) groups excluding carboxylic acids is 1. The van der Waals surface area contributed by atoms with E-state index in [2.05, 4.69) is 4.98 Å². The van der Waals surface area contributed by atoms with Gasteiger partial charge in [0.25, 0.3) is 0 Å². The van der Waals surface area contributed by atoms with Crippen molar-refractivity contribution in [2.45, 2.75) is 45.7 Å². The summed E-state index contributed by atoms with van der Waals surface area (Å²) in [5, 5.41) is 8.73. The van der Waals surface area contributed by atoms with Crippen LogP contribution in [0.4, 0.5) is 0 Å². The Labute approximate surface area is 109 Å². The largest absolute Gasteiger partial charge is 0.396 e. The van der Waals surface area contributed by atoms with Gasteiger partial charge in [-0.1, -0.05) is 6.07 Å². The molecule has 0 atom stereocenters. The zero-order valence-corrected chi connectivity index (χ0v) is 11.2. The van der Waals surface area contributed by atoms with Gasteiger partial charge in [0.2, 0.25) is 5.91 Å². The minimum absolute atomic E-state index is 0.141. The molecule has 0 radical (unpaired) electrons. The van der Waals surface area contributed by atoms with Crippen LogP contribution in [-0.2, 0) is 11.3 Å². The second kappa shape index (κ2) is 7.82. The average molecular weight is 250 g/mol. The van der Waals surface area contributed by atoms with Crippen LogP contribution in [0.25, 0.3) is 0 Å². The predicted octanol–water partition coefficient (Wildman–Crippen LogP) is 1.98. The van der Waals surface area contributed by atoms with Crippen molar-refractivity contribution in [3.8, 4) is 0 Å². The van der Waals surface area contributed by atoms with Crippen molar-refractivity contribution >= 4 is 5.91 Å². The van der Waals surface area contributed by atoms with Crippen molar-refractivity contribution < 1.29 is 9.90 Å². The fourth-order valence-corrected chi connectivity index (χ4v) is 1.78. The van der Waals surface area contributed by atoms with Crippen LogP contribution in [0.1, 0.15) is 38.7 Å². The monoisotopic (exact) mass is 250 g/mol. The first-order chi connectivity index (χ1) is 8.65. The minimum atomic E-state index is 0.141. The van der Waals surface area contributed by atoms with E-state index in [9.17, 15) is 4.79 Å². The molecule has 1 aromatic rings. The predicted molar refractivity (Wildman–Crippen MR) is 70.9 cm³/mol. The molecule has 100 valence electrons. The maximum Gasteiger partial charge on any atom is 0.223 e. The second-order valence-corrected chi connectivity index (χ2v) is 4.66. The standard InChI is InChI=1S/C14H22N2O2/c1-12(2)16(14(18)7-3-4-9-17)11-13-6-5-8-15-10-13/h5-6,8,10,12,17H,3-4,7,9,11H2,1-2H3. The van der Waals surface area contributed by atoms with Gasteiger partial charge in [0, 0.05) is 38.0 Å². The molecule has 18 heavy (non-hydrogen) atoms. The van der Waals surface area contributed by atoms with Crippen LogP contribution >= 0.6 is 0 Å². The molecule has 1 heterocycles. The molecule has 4 heteroatoms. The molecular weight excluding hydrogens is 228 g/mol. The number of aliphatic hydroxyl groups is 1. The first kappa shape index (κ1) is 14.6. The zero-order chi connectivity index (χ0) is 13.4. The van der Waals surface area contributed by atoms with E-state index in [-0.39, 0.29) is 18.6 Å². The third-order valence-corrected chi connectivity index (χ3v) is 2.82. The van der Waals surface area contributed by atoms with Crippen molar-refractivity contribution in [2.24, 2.45) is 0 Å². The van der Waals surface area contributed by atoms with E-state index in [0.29, 0.717) is 19.4 Å². The maximum atomic E-state index is 12.1. The third-order valence-electron chi connectivity index (χ3n) is 2.82. The van der Waals surface area contributed by atoms with Gasteiger partial charge in [0.05, 0.1) is 0 Å². The number of hydrogen-bond acceptors (Lipinski definition) is 3. The van der Waals surface area contributed by atoms with Crippen LogP contribution in [0, 0.1) is 0 Å². The van der Waals surface area contributed by atoms with E-state index in [1.807, 2.05) is 30.9 Å². The molecule has 1 amide bonds. The Morgan fingerprint density at radius 1 is 1.44 bits per heavy atom.